The van der Waals surface area contributed by atoms with Gasteiger partial charge in [0, 0.05) is 5.70 Å². The Morgan fingerprint density at radius 1 is 1.62 bits per heavy atom. The fourth-order valence-corrected chi connectivity index (χ4v) is 0.479. The molecule has 0 spiro atoms. The van der Waals surface area contributed by atoms with Crippen LogP contribution in [0.25, 0.3) is 0 Å². The highest BCUT2D eigenvalue weighted by atomic mass is 16.7. The van der Waals surface area contributed by atoms with Gasteiger partial charge in [0.1, 0.15) is 19.3 Å². The van der Waals surface area contributed by atoms with Crippen molar-refractivity contribution in [2.24, 2.45) is 0 Å². The lowest BCUT2D eigenvalue weighted by Crippen LogP contribution is -2.23. The van der Waals surface area contributed by atoms with Gasteiger partial charge < -0.3 is 9.84 Å². The molecular formula is C8H15NO4. The van der Waals surface area contributed by atoms with Crippen LogP contribution in [0.5, 0.6) is 0 Å². The Morgan fingerprint density at radius 2 is 2.23 bits per heavy atom. The molecule has 0 aromatic heterocycles. The Balaban J connectivity index is 3.26. The smallest absolute Gasteiger partial charge is 0.334 e. The zero-order valence-corrected chi connectivity index (χ0v) is 7.87. The van der Waals surface area contributed by atoms with Crippen LogP contribution in [0.4, 0.5) is 0 Å². The fraction of sp³-hybridized carbons (Fsp3) is 0.625. The molecule has 76 valence electrons. The molecule has 5 nitrogen and oxygen atoms in total. The van der Waals surface area contributed by atoms with Gasteiger partial charge in [-0.1, -0.05) is 6.58 Å². The number of ether oxygens (including phenoxy) is 1. The Kier molecular flexibility index (Phi) is 5.92. The maximum atomic E-state index is 10.7. The van der Waals surface area contributed by atoms with Crippen LogP contribution in [0.2, 0.25) is 0 Å². The Labute approximate surface area is 77.3 Å². The summed E-state index contributed by atoms with van der Waals surface area (Å²) in [6, 6.07) is 0. The van der Waals surface area contributed by atoms with Gasteiger partial charge in [-0.2, -0.15) is 0 Å². The molecule has 0 fully saturated rings. The summed E-state index contributed by atoms with van der Waals surface area (Å²) in [5, 5.41) is 8.72. The summed E-state index contributed by atoms with van der Waals surface area (Å²) in [6.45, 7) is 6.93. The maximum Gasteiger partial charge on any atom is 0.334 e. The average molecular weight is 189 g/mol. The van der Waals surface area contributed by atoms with E-state index in [1.807, 2.05) is 0 Å². The fourth-order valence-electron chi connectivity index (χ4n) is 0.479. The van der Waals surface area contributed by atoms with Gasteiger partial charge >= 0.3 is 5.97 Å². The van der Waals surface area contributed by atoms with Gasteiger partial charge in [-0.3, -0.25) is 10.3 Å². The van der Waals surface area contributed by atoms with Crippen LogP contribution in [0.3, 0.4) is 0 Å². The van der Waals surface area contributed by atoms with Crippen molar-refractivity contribution in [2.75, 3.05) is 13.2 Å². The number of rotatable bonds is 6. The summed E-state index contributed by atoms with van der Waals surface area (Å²) in [6.07, 6.45) is -1.09. The SMILES string of the molecule is C=C(C)NOCCOC(=O)C(C)O. The first-order chi connectivity index (χ1) is 6.04. The first kappa shape index (κ1) is 11.9. The molecule has 1 atom stereocenters. The third-order valence-corrected chi connectivity index (χ3v) is 1.02. The Hall–Kier alpha value is -1.07. The Bertz CT molecular complexity index is 179. The van der Waals surface area contributed by atoms with E-state index in [1.54, 1.807) is 6.92 Å². The molecule has 1 unspecified atom stereocenters. The number of allylic oxidation sites excluding steroid dienone is 1. The lowest BCUT2D eigenvalue weighted by molar-refractivity contribution is -0.154. The second kappa shape index (κ2) is 6.45. The summed E-state index contributed by atoms with van der Waals surface area (Å²) in [7, 11) is 0. The van der Waals surface area contributed by atoms with Crippen LogP contribution < -0.4 is 5.48 Å². The molecule has 0 aliphatic carbocycles. The quantitative estimate of drug-likeness (QED) is 0.349. The van der Waals surface area contributed by atoms with E-state index in [0.29, 0.717) is 5.70 Å². The molecule has 2 N–H and O–H groups in total. The van der Waals surface area contributed by atoms with Crippen molar-refractivity contribution < 1.29 is 19.5 Å². The number of hydrogen-bond acceptors (Lipinski definition) is 5. The van der Waals surface area contributed by atoms with E-state index in [4.69, 9.17) is 9.94 Å². The number of esters is 1. The molecular weight excluding hydrogens is 174 g/mol. The minimum absolute atomic E-state index is 0.101. The minimum atomic E-state index is -1.09. The molecule has 0 aliphatic rings. The molecule has 0 saturated heterocycles. The first-order valence-corrected chi connectivity index (χ1v) is 3.92. The zero-order valence-electron chi connectivity index (χ0n) is 7.87. The van der Waals surface area contributed by atoms with Gasteiger partial charge in [-0.05, 0) is 13.8 Å². The van der Waals surface area contributed by atoms with Crippen molar-refractivity contribution in [3.63, 3.8) is 0 Å². The summed E-state index contributed by atoms with van der Waals surface area (Å²) in [5.41, 5.74) is 3.17. The van der Waals surface area contributed by atoms with E-state index in [-0.39, 0.29) is 13.2 Å². The van der Waals surface area contributed by atoms with Crippen LogP contribution >= 0.6 is 0 Å². The van der Waals surface area contributed by atoms with Gasteiger partial charge in [-0.15, -0.1) is 0 Å². The zero-order chi connectivity index (χ0) is 10.3. The van der Waals surface area contributed by atoms with E-state index in [1.165, 1.54) is 6.92 Å². The number of hydroxylamine groups is 1. The number of nitrogens with one attached hydrogen (secondary N) is 1. The van der Waals surface area contributed by atoms with E-state index in [0.717, 1.165) is 0 Å². The summed E-state index contributed by atoms with van der Waals surface area (Å²) >= 11 is 0. The monoisotopic (exact) mass is 189 g/mol. The summed E-state index contributed by atoms with van der Waals surface area (Å²) < 4.78 is 4.60. The molecule has 0 saturated carbocycles. The van der Waals surface area contributed by atoms with Gasteiger partial charge in [0.15, 0.2) is 0 Å². The average Bonchev–Trinajstić information content (AvgIpc) is 2.02. The van der Waals surface area contributed by atoms with Gasteiger partial charge in [0.25, 0.3) is 0 Å². The van der Waals surface area contributed by atoms with Crippen LogP contribution in [0.1, 0.15) is 13.8 Å². The number of aliphatic hydroxyl groups is 1. The maximum absolute atomic E-state index is 10.7. The lowest BCUT2D eigenvalue weighted by Gasteiger charge is -2.07. The van der Waals surface area contributed by atoms with Crippen molar-refractivity contribution in [3.05, 3.63) is 12.3 Å². The molecule has 0 aromatic rings. The van der Waals surface area contributed by atoms with Crippen LogP contribution in [0.15, 0.2) is 12.3 Å². The predicted octanol–water partition coefficient (Wildman–Crippen LogP) is -0.0348. The number of carbonyl (C=O) groups is 1. The molecule has 5 heteroatoms. The second-order valence-corrected chi connectivity index (χ2v) is 2.57. The molecule has 0 aromatic carbocycles. The molecule has 0 heterocycles. The van der Waals surface area contributed by atoms with Crippen molar-refractivity contribution in [1.29, 1.82) is 0 Å². The van der Waals surface area contributed by atoms with E-state index < -0.39 is 12.1 Å². The van der Waals surface area contributed by atoms with Gasteiger partial charge in [0.2, 0.25) is 0 Å². The number of hydrogen-bond donors (Lipinski definition) is 2. The highest BCUT2D eigenvalue weighted by Crippen LogP contribution is 1.86. The van der Waals surface area contributed by atoms with E-state index in [2.05, 4.69) is 16.8 Å². The van der Waals surface area contributed by atoms with E-state index >= 15 is 0 Å². The van der Waals surface area contributed by atoms with E-state index in [9.17, 15) is 4.79 Å². The van der Waals surface area contributed by atoms with Crippen LogP contribution in [0, 0.1) is 0 Å². The topological polar surface area (TPSA) is 67.8 Å². The summed E-state index contributed by atoms with van der Waals surface area (Å²) in [4.78, 5) is 15.5. The largest absolute Gasteiger partial charge is 0.461 e. The van der Waals surface area contributed by atoms with Crippen LogP contribution in [-0.4, -0.2) is 30.4 Å². The third kappa shape index (κ3) is 7.30. The van der Waals surface area contributed by atoms with Crippen molar-refractivity contribution in [2.45, 2.75) is 20.0 Å². The third-order valence-electron chi connectivity index (χ3n) is 1.02. The van der Waals surface area contributed by atoms with Crippen LogP contribution in [-0.2, 0) is 14.4 Å². The minimum Gasteiger partial charge on any atom is -0.461 e. The molecule has 13 heavy (non-hydrogen) atoms. The Morgan fingerprint density at radius 3 is 2.69 bits per heavy atom. The normalized spacial score (nSPS) is 11.9. The van der Waals surface area contributed by atoms with Crippen molar-refractivity contribution in [3.8, 4) is 0 Å². The lowest BCUT2D eigenvalue weighted by atomic mass is 10.4. The molecule has 0 radical (unpaired) electrons. The highest BCUT2D eigenvalue weighted by Gasteiger charge is 2.08. The summed E-state index contributed by atoms with van der Waals surface area (Å²) in [5.74, 6) is -0.654. The molecule has 0 amide bonds. The van der Waals surface area contributed by atoms with Crippen molar-refractivity contribution in [1.82, 2.24) is 5.48 Å². The first-order valence-electron chi connectivity index (χ1n) is 3.92. The standard InChI is InChI=1S/C8H15NO4/c1-6(2)9-13-5-4-12-8(11)7(3)10/h7,9-10H,1,4-5H2,2-3H3. The van der Waals surface area contributed by atoms with Gasteiger partial charge in [-0.25, -0.2) is 4.79 Å². The van der Waals surface area contributed by atoms with Gasteiger partial charge in [0.05, 0.1) is 0 Å². The molecule has 0 bridgehead atoms. The predicted molar refractivity (Wildman–Crippen MR) is 46.5 cm³/mol. The van der Waals surface area contributed by atoms with Crippen molar-refractivity contribution >= 4 is 5.97 Å². The highest BCUT2D eigenvalue weighted by molar-refractivity contribution is 5.73. The molecule has 0 aliphatic heterocycles. The number of aliphatic hydroxyl groups excluding tert-OH is 1. The second-order valence-electron chi connectivity index (χ2n) is 2.57. The number of carbonyl (C=O) groups excluding carboxylic acids is 1. The molecule has 0 rings (SSSR count).